The Labute approximate surface area is 122 Å². The Morgan fingerprint density at radius 1 is 1.40 bits per heavy atom. The minimum Gasteiger partial charge on any atom is -0.493 e. The van der Waals surface area contributed by atoms with Crippen LogP contribution < -0.4 is 20.1 Å². The molecular weight excluding hydrogens is 284 g/mol. The molecule has 7 heteroatoms. The number of aliphatic hydroxyl groups excluding tert-OH is 1. The van der Waals surface area contributed by atoms with Crippen molar-refractivity contribution in [1.82, 2.24) is 5.32 Å². The molecule has 6 nitrogen and oxygen atoms in total. The molecule has 2 rings (SSSR count). The number of hydrogen-bond acceptors (Lipinski definition) is 5. The van der Waals surface area contributed by atoms with E-state index in [2.05, 4.69) is 10.6 Å². The number of halogens is 1. The fraction of sp³-hybridized carbons (Fsp3) is 0.462. The van der Waals surface area contributed by atoms with Gasteiger partial charge in [0, 0.05) is 18.7 Å². The Kier molecular flexibility index (Phi) is 4.69. The molecule has 1 aliphatic heterocycles. The molecule has 0 bridgehead atoms. The van der Waals surface area contributed by atoms with Gasteiger partial charge in [-0.2, -0.15) is 0 Å². The largest absolute Gasteiger partial charge is 0.493 e. The van der Waals surface area contributed by atoms with Crippen LogP contribution >= 0.6 is 11.6 Å². The van der Waals surface area contributed by atoms with E-state index in [9.17, 15) is 9.90 Å². The van der Waals surface area contributed by atoms with Gasteiger partial charge < -0.3 is 25.2 Å². The van der Waals surface area contributed by atoms with Gasteiger partial charge in [-0.25, -0.2) is 0 Å². The van der Waals surface area contributed by atoms with Crippen LogP contribution in [0, 0.1) is 0 Å². The first-order chi connectivity index (χ1) is 9.55. The number of β-amino-alcohol motifs (C(OH)–C–C–N with tert-alkyl or cyclic N) is 1. The Morgan fingerprint density at radius 2 is 2.05 bits per heavy atom. The minimum atomic E-state index is -0.494. The van der Waals surface area contributed by atoms with E-state index in [0.717, 1.165) is 0 Å². The first-order valence-electron chi connectivity index (χ1n) is 6.19. The lowest BCUT2D eigenvalue weighted by Crippen LogP contribution is -2.35. The number of hydrogen-bond donors (Lipinski definition) is 3. The lowest BCUT2D eigenvalue weighted by Gasteiger charge is -2.15. The van der Waals surface area contributed by atoms with Gasteiger partial charge in [-0.3, -0.25) is 4.79 Å². The zero-order valence-corrected chi connectivity index (χ0v) is 12.0. The maximum atomic E-state index is 12.1. The van der Waals surface area contributed by atoms with Crippen molar-refractivity contribution in [2.24, 2.45) is 0 Å². The van der Waals surface area contributed by atoms with E-state index in [0.29, 0.717) is 35.2 Å². The highest BCUT2D eigenvalue weighted by atomic mass is 35.5. The van der Waals surface area contributed by atoms with Crippen LogP contribution in [0.1, 0.15) is 6.42 Å². The van der Waals surface area contributed by atoms with Crippen molar-refractivity contribution in [2.75, 3.05) is 26.1 Å². The summed E-state index contributed by atoms with van der Waals surface area (Å²) in [6.45, 7) is 0.414. The molecule has 1 aromatic rings. The topological polar surface area (TPSA) is 79.8 Å². The lowest BCUT2D eigenvalue weighted by atomic mass is 10.2. The van der Waals surface area contributed by atoms with Crippen LogP contribution in [-0.2, 0) is 4.79 Å². The molecule has 1 saturated heterocycles. The zero-order chi connectivity index (χ0) is 14.7. The fourth-order valence-electron chi connectivity index (χ4n) is 2.09. The Hall–Kier alpha value is -1.50. The zero-order valence-electron chi connectivity index (χ0n) is 11.3. The molecule has 1 fully saturated rings. The number of carbonyl (C=O) groups excluding carboxylic acids is 1. The van der Waals surface area contributed by atoms with Gasteiger partial charge in [-0.1, -0.05) is 11.6 Å². The highest BCUT2D eigenvalue weighted by Crippen LogP contribution is 2.36. The quantitative estimate of drug-likeness (QED) is 0.773. The highest BCUT2D eigenvalue weighted by molar-refractivity contribution is 6.34. The molecule has 0 spiro atoms. The van der Waals surface area contributed by atoms with Crippen molar-refractivity contribution >= 4 is 23.2 Å². The number of methoxy groups -OCH3 is 2. The summed E-state index contributed by atoms with van der Waals surface area (Å²) in [4.78, 5) is 12.1. The molecule has 2 atom stereocenters. The summed E-state index contributed by atoms with van der Waals surface area (Å²) in [7, 11) is 3.02. The van der Waals surface area contributed by atoms with Crippen LogP contribution in [0.2, 0.25) is 5.02 Å². The van der Waals surface area contributed by atoms with Crippen molar-refractivity contribution in [2.45, 2.75) is 18.6 Å². The Morgan fingerprint density at radius 3 is 2.60 bits per heavy atom. The maximum Gasteiger partial charge on any atom is 0.241 e. The summed E-state index contributed by atoms with van der Waals surface area (Å²) in [6, 6.07) is 2.76. The molecule has 2 unspecified atom stereocenters. The summed E-state index contributed by atoms with van der Waals surface area (Å²) in [5.41, 5.74) is 0.442. The number of anilines is 1. The molecule has 0 aromatic heterocycles. The second-order valence-corrected chi connectivity index (χ2v) is 4.93. The van der Waals surface area contributed by atoms with Gasteiger partial charge in [-0.05, 0) is 6.42 Å². The number of nitrogens with one attached hydrogen (secondary N) is 2. The molecule has 1 aromatic carbocycles. The van der Waals surface area contributed by atoms with E-state index in [1.807, 2.05) is 0 Å². The van der Waals surface area contributed by atoms with Crippen molar-refractivity contribution in [1.29, 1.82) is 0 Å². The normalized spacial score (nSPS) is 21.6. The number of benzene rings is 1. The lowest BCUT2D eigenvalue weighted by molar-refractivity contribution is -0.117. The summed E-state index contributed by atoms with van der Waals surface area (Å²) in [6.07, 6.45) is -0.108. The number of rotatable bonds is 4. The Bertz CT molecular complexity index is 509. The van der Waals surface area contributed by atoms with Crippen LogP contribution in [-0.4, -0.2) is 43.9 Å². The second kappa shape index (κ2) is 6.30. The molecule has 1 heterocycles. The standard InChI is InChI=1S/C13H17ClN2O4/c1-19-11-4-8(14)9(5-12(11)20-2)16-13(18)10-3-7(17)6-15-10/h4-5,7,10,15,17H,3,6H2,1-2H3,(H,16,18). The van der Waals surface area contributed by atoms with Crippen LogP contribution in [0.4, 0.5) is 5.69 Å². The molecule has 0 aliphatic carbocycles. The average molecular weight is 301 g/mol. The first kappa shape index (κ1) is 14.9. The van der Waals surface area contributed by atoms with E-state index < -0.39 is 12.1 Å². The third-order valence-corrected chi connectivity index (χ3v) is 3.47. The van der Waals surface area contributed by atoms with Gasteiger partial charge in [0.15, 0.2) is 11.5 Å². The fourth-order valence-corrected chi connectivity index (χ4v) is 2.29. The van der Waals surface area contributed by atoms with E-state index in [1.54, 1.807) is 12.1 Å². The van der Waals surface area contributed by atoms with Crippen LogP contribution in [0.25, 0.3) is 0 Å². The predicted molar refractivity (Wildman–Crippen MR) is 75.6 cm³/mol. The van der Waals surface area contributed by atoms with E-state index in [1.165, 1.54) is 14.2 Å². The highest BCUT2D eigenvalue weighted by Gasteiger charge is 2.28. The summed E-state index contributed by atoms with van der Waals surface area (Å²) in [5, 5.41) is 15.4. The third-order valence-electron chi connectivity index (χ3n) is 3.16. The monoisotopic (exact) mass is 300 g/mol. The van der Waals surface area contributed by atoms with Gasteiger partial charge in [-0.15, -0.1) is 0 Å². The minimum absolute atomic E-state index is 0.240. The second-order valence-electron chi connectivity index (χ2n) is 4.53. The summed E-state index contributed by atoms with van der Waals surface area (Å²) >= 11 is 6.10. The molecule has 1 aliphatic rings. The van der Waals surface area contributed by atoms with E-state index >= 15 is 0 Å². The summed E-state index contributed by atoms with van der Waals surface area (Å²) < 4.78 is 10.3. The molecule has 20 heavy (non-hydrogen) atoms. The SMILES string of the molecule is COc1cc(Cl)c(NC(=O)C2CC(O)CN2)cc1OC. The molecule has 0 radical (unpaired) electrons. The first-order valence-corrected chi connectivity index (χ1v) is 6.56. The van der Waals surface area contributed by atoms with Crippen molar-refractivity contribution in [3.05, 3.63) is 17.2 Å². The van der Waals surface area contributed by atoms with Crippen LogP contribution in [0.3, 0.4) is 0 Å². The predicted octanol–water partition coefficient (Wildman–Crippen LogP) is 1.02. The van der Waals surface area contributed by atoms with Gasteiger partial charge in [0.2, 0.25) is 5.91 Å². The third kappa shape index (κ3) is 3.15. The van der Waals surface area contributed by atoms with Crippen molar-refractivity contribution in [3.8, 4) is 11.5 Å². The van der Waals surface area contributed by atoms with Gasteiger partial charge >= 0.3 is 0 Å². The number of amides is 1. The van der Waals surface area contributed by atoms with Crippen LogP contribution in [0.5, 0.6) is 11.5 Å². The summed E-state index contributed by atoms with van der Waals surface area (Å²) in [5.74, 6) is 0.729. The number of ether oxygens (including phenoxy) is 2. The number of carbonyl (C=O) groups is 1. The Balaban J connectivity index is 2.14. The van der Waals surface area contributed by atoms with E-state index in [4.69, 9.17) is 21.1 Å². The smallest absolute Gasteiger partial charge is 0.241 e. The molecule has 110 valence electrons. The molecular formula is C13H17ClN2O4. The van der Waals surface area contributed by atoms with Crippen molar-refractivity contribution < 1.29 is 19.4 Å². The molecule has 1 amide bonds. The van der Waals surface area contributed by atoms with Gasteiger partial charge in [0.25, 0.3) is 0 Å². The average Bonchev–Trinajstić information content (AvgIpc) is 2.87. The van der Waals surface area contributed by atoms with Crippen LogP contribution in [0.15, 0.2) is 12.1 Å². The van der Waals surface area contributed by atoms with Gasteiger partial charge in [0.1, 0.15) is 0 Å². The van der Waals surface area contributed by atoms with E-state index in [-0.39, 0.29) is 5.91 Å². The number of aliphatic hydroxyl groups is 1. The molecule has 3 N–H and O–H groups in total. The van der Waals surface area contributed by atoms with Gasteiger partial charge in [0.05, 0.1) is 37.1 Å². The maximum absolute atomic E-state index is 12.1. The van der Waals surface area contributed by atoms with Crippen molar-refractivity contribution in [3.63, 3.8) is 0 Å². The molecule has 0 saturated carbocycles.